The maximum absolute atomic E-state index is 12.6. The highest BCUT2D eigenvalue weighted by Crippen LogP contribution is 2.26. The molecule has 2 aromatic rings. The van der Waals surface area contributed by atoms with E-state index in [0.717, 1.165) is 50.1 Å². The SMILES string of the molecule is O=C(Oc1ccc(-c2cccc(Cl)c2)cc1)N1CCN2CCC1CC2. The van der Waals surface area contributed by atoms with Crippen LogP contribution in [-0.2, 0) is 0 Å². The fourth-order valence-electron chi connectivity index (χ4n) is 3.67. The van der Waals surface area contributed by atoms with E-state index in [0.29, 0.717) is 16.8 Å². The van der Waals surface area contributed by atoms with Crippen molar-refractivity contribution in [1.29, 1.82) is 0 Å². The minimum atomic E-state index is -0.232. The van der Waals surface area contributed by atoms with E-state index in [-0.39, 0.29) is 6.09 Å². The summed E-state index contributed by atoms with van der Waals surface area (Å²) in [6, 6.07) is 15.6. The number of carbonyl (C=O) groups is 1. The zero-order valence-corrected chi connectivity index (χ0v) is 14.8. The Bertz CT molecular complexity index is 755. The van der Waals surface area contributed by atoms with Crippen LogP contribution in [0, 0.1) is 0 Å². The van der Waals surface area contributed by atoms with Crippen molar-refractivity contribution in [3.63, 3.8) is 0 Å². The monoisotopic (exact) mass is 356 g/mol. The van der Waals surface area contributed by atoms with Gasteiger partial charge in [0.1, 0.15) is 5.75 Å². The highest BCUT2D eigenvalue weighted by atomic mass is 35.5. The molecule has 3 aliphatic heterocycles. The third-order valence-electron chi connectivity index (χ3n) is 5.11. The van der Waals surface area contributed by atoms with Crippen molar-refractivity contribution in [3.8, 4) is 16.9 Å². The van der Waals surface area contributed by atoms with Gasteiger partial charge in [-0.05, 0) is 48.2 Å². The van der Waals surface area contributed by atoms with E-state index in [1.54, 1.807) is 0 Å². The van der Waals surface area contributed by atoms with Gasteiger partial charge < -0.3 is 14.5 Å². The molecule has 4 nitrogen and oxygen atoms in total. The Morgan fingerprint density at radius 2 is 1.72 bits per heavy atom. The quantitative estimate of drug-likeness (QED) is 0.804. The van der Waals surface area contributed by atoms with Crippen LogP contribution < -0.4 is 4.74 Å². The molecule has 0 aromatic heterocycles. The van der Waals surface area contributed by atoms with Gasteiger partial charge in [-0.15, -0.1) is 0 Å². The predicted molar refractivity (Wildman–Crippen MR) is 99.1 cm³/mol. The average Bonchev–Trinajstić information content (AvgIpc) is 2.96. The molecule has 0 radical (unpaired) electrons. The summed E-state index contributed by atoms with van der Waals surface area (Å²) in [7, 11) is 0. The lowest BCUT2D eigenvalue weighted by Gasteiger charge is -2.30. The second kappa shape index (κ2) is 7.06. The largest absolute Gasteiger partial charge is 0.415 e. The predicted octanol–water partition coefficient (Wildman–Crippen LogP) is 4.29. The van der Waals surface area contributed by atoms with Gasteiger partial charge in [-0.2, -0.15) is 0 Å². The molecular formula is C20H21ClN2O2. The Labute approximate surface area is 152 Å². The first kappa shape index (κ1) is 16.4. The molecule has 0 atom stereocenters. The van der Waals surface area contributed by atoms with Gasteiger partial charge in [0.15, 0.2) is 0 Å². The molecule has 0 unspecified atom stereocenters. The zero-order chi connectivity index (χ0) is 17.2. The molecule has 5 rings (SSSR count). The second-order valence-corrected chi connectivity index (χ2v) is 7.11. The lowest BCUT2D eigenvalue weighted by Crippen LogP contribution is -2.43. The summed E-state index contributed by atoms with van der Waals surface area (Å²) in [5.41, 5.74) is 2.09. The van der Waals surface area contributed by atoms with Crippen LogP contribution in [0.1, 0.15) is 12.8 Å². The number of piperidine rings is 1. The highest BCUT2D eigenvalue weighted by Gasteiger charge is 2.32. The van der Waals surface area contributed by atoms with Crippen LogP contribution in [0.2, 0.25) is 5.02 Å². The molecule has 0 spiro atoms. The maximum Gasteiger partial charge on any atom is 0.415 e. The van der Waals surface area contributed by atoms with Crippen molar-refractivity contribution in [2.75, 3.05) is 26.2 Å². The van der Waals surface area contributed by atoms with Crippen LogP contribution in [0.25, 0.3) is 11.1 Å². The Morgan fingerprint density at radius 1 is 0.960 bits per heavy atom. The number of ether oxygens (including phenoxy) is 1. The number of hydrogen-bond acceptors (Lipinski definition) is 3. The van der Waals surface area contributed by atoms with Gasteiger partial charge in [0, 0.05) is 37.2 Å². The van der Waals surface area contributed by atoms with Crippen LogP contribution in [-0.4, -0.2) is 48.1 Å². The fraction of sp³-hybridized carbons (Fsp3) is 0.350. The van der Waals surface area contributed by atoms with E-state index in [1.165, 1.54) is 0 Å². The molecule has 2 bridgehead atoms. The molecular weight excluding hydrogens is 336 g/mol. The van der Waals surface area contributed by atoms with Crippen molar-refractivity contribution in [1.82, 2.24) is 9.80 Å². The summed E-state index contributed by atoms with van der Waals surface area (Å²) < 4.78 is 5.62. The highest BCUT2D eigenvalue weighted by molar-refractivity contribution is 6.30. The summed E-state index contributed by atoms with van der Waals surface area (Å²) in [4.78, 5) is 16.9. The number of fused-ring (bicyclic) bond motifs is 4. The van der Waals surface area contributed by atoms with Crippen LogP contribution in [0.3, 0.4) is 0 Å². The van der Waals surface area contributed by atoms with Gasteiger partial charge >= 0.3 is 6.09 Å². The lowest BCUT2D eigenvalue weighted by molar-refractivity contribution is 0.131. The molecule has 0 N–H and O–H groups in total. The summed E-state index contributed by atoms with van der Waals surface area (Å²) in [5.74, 6) is 0.579. The van der Waals surface area contributed by atoms with Crippen molar-refractivity contribution in [2.45, 2.75) is 18.9 Å². The van der Waals surface area contributed by atoms with E-state index in [4.69, 9.17) is 16.3 Å². The number of halogens is 1. The van der Waals surface area contributed by atoms with Crippen LogP contribution in [0.4, 0.5) is 4.79 Å². The van der Waals surface area contributed by atoms with Crippen molar-refractivity contribution >= 4 is 17.7 Å². The number of amides is 1. The van der Waals surface area contributed by atoms with Gasteiger partial charge in [-0.1, -0.05) is 35.9 Å². The van der Waals surface area contributed by atoms with Crippen molar-refractivity contribution in [3.05, 3.63) is 53.6 Å². The van der Waals surface area contributed by atoms with Crippen LogP contribution in [0.15, 0.2) is 48.5 Å². The Morgan fingerprint density at radius 3 is 2.44 bits per heavy atom. The molecule has 2 aromatic carbocycles. The summed E-state index contributed by atoms with van der Waals surface area (Å²) >= 11 is 6.05. The normalized spacial score (nSPS) is 22.5. The number of hydrogen-bond donors (Lipinski definition) is 0. The molecule has 3 aliphatic rings. The van der Waals surface area contributed by atoms with Gasteiger partial charge in [-0.3, -0.25) is 0 Å². The summed E-state index contributed by atoms with van der Waals surface area (Å²) in [6.07, 6.45) is 1.86. The van der Waals surface area contributed by atoms with Gasteiger partial charge in [0.25, 0.3) is 0 Å². The number of rotatable bonds is 2. The third kappa shape index (κ3) is 3.65. The van der Waals surface area contributed by atoms with Gasteiger partial charge in [-0.25, -0.2) is 4.79 Å². The molecule has 3 heterocycles. The number of nitrogens with zero attached hydrogens (tertiary/aromatic N) is 2. The van der Waals surface area contributed by atoms with Crippen molar-refractivity contribution in [2.24, 2.45) is 0 Å². The van der Waals surface area contributed by atoms with Crippen LogP contribution >= 0.6 is 11.6 Å². The smallest absolute Gasteiger partial charge is 0.410 e. The Hall–Kier alpha value is -2.04. The maximum atomic E-state index is 12.6. The summed E-state index contributed by atoms with van der Waals surface area (Å²) in [5, 5.41) is 0.708. The molecule has 25 heavy (non-hydrogen) atoms. The fourth-order valence-corrected chi connectivity index (χ4v) is 3.86. The number of carbonyl (C=O) groups excluding carboxylic acids is 1. The average molecular weight is 357 g/mol. The first-order chi connectivity index (χ1) is 12.2. The zero-order valence-electron chi connectivity index (χ0n) is 14.0. The summed E-state index contributed by atoms with van der Waals surface area (Å²) in [6.45, 7) is 3.87. The van der Waals surface area contributed by atoms with E-state index < -0.39 is 0 Å². The Balaban J connectivity index is 1.45. The lowest BCUT2D eigenvalue weighted by atomic mass is 10.1. The second-order valence-electron chi connectivity index (χ2n) is 6.67. The minimum absolute atomic E-state index is 0.232. The standard InChI is InChI=1S/C20H21ClN2O2/c21-17-3-1-2-16(14-17)15-4-6-19(7-5-15)25-20(24)23-13-12-22-10-8-18(23)9-11-22/h1-7,14,18H,8-13H2. The van der Waals surface area contributed by atoms with E-state index >= 15 is 0 Å². The number of benzene rings is 2. The molecule has 1 amide bonds. The molecule has 5 heteroatoms. The molecule has 3 saturated heterocycles. The van der Waals surface area contributed by atoms with Gasteiger partial charge in [0.2, 0.25) is 0 Å². The molecule has 3 fully saturated rings. The molecule has 0 saturated carbocycles. The van der Waals surface area contributed by atoms with Crippen LogP contribution in [0.5, 0.6) is 5.75 Å². The van der Waals surface area contributed by atoms with Crippen molar-refractivity contribution < 1.29 is 9.53 Å². The van der Waals surface area contributed by atoms with E-state index in [2.05, 4.69) is 4.90 Å². The van der Waals surface area contributed by atoms with E-state index in [9.17, 15) is 4.79 Å². The third-order valence-corrected chi connectivity index (χ3v) is 5.34. The topological polar surface area (TPSA) is 32.8 Å². The minimum Gasteiger partial charge on any atom is -0.410 e. The van der Waals surface area contributed by atoms with E-state index in [1.807, 2.05) is 53.4 Å². The molecule has 0 aliphatic carbocycles. The first-order valence-corrected chi connectivity index (χ1v) is 9.14. The molecule has 130 valence electrons. The Kier molecular flexibility index (Phi) is 4.64. The first-order valence-electron chi connectivity index (χ1n) is 8.76. The van der Waals surface area contributed by atoms with Gasteiger partial charge in [0.05, 0.1) is 0 Å².